The highest BCUT2D eigenvalue weighted by atomic mass is 79.9. The first-order chi connectivity index (χ1) is 18.3. The summed E-state index contributed by atoms with van der Waals surface area (Å²) >= 11 is 9.69. The van der Waals surface area contributed by atoms with Crippen LogP contribution in [0.2, 0.25) is 5.02 Å². The first-order valence-electron chi connectivity index (χ1n) is 11.3. The summed E-state index contributed by atoms with van der Waals surface area (Å²) in [6.07, 6.45) is 1.49. The zero-order chi connectivity index (χ0) is 27.2. The lowest BCUT2D eigenvalue weighted by molar-refractivity contribution is -0.127. The zero-order valence-corrected chi connectivity index (χ0v) is 22.8. The minimum Gasteiger partial charge on any atom is -0.495 e. The van der Waals surface area contributed by atoms with E-state index in [-0.39, 0.29) is 12.3 Å². The number of hydrogen-bond acceptors (Lipinski definition) is 6. The lowest BCUT2D eigenvalue weighted by Crippen LogP contribution is -2.38. The number of imide groups is 1. The van der Waals surface area contributed by atoms with Crippen molar-refractivity contribution in [3.05, 3.63) is 87.0 Å². The van der Waals surface area contributed by atoms with Gasteiger partial charge in [0, 0.05) is 15.1 Å². The molecule has 0 unspecified atom stereocenters. The van der Waals surface area contributed by atoms with Crippen molar-refractivity contribution in [2.24, 2.45) is 0 Å². The number of anilines is 1. The molecule has 0 saturated carbocycles. The molecule has 4 amide bonds. The van der Waals surface area contributed by atoms with Crippen molar-refractivity contribution >= 4 is 57.1 Å². The molecule has 11 heteroatoms. The monoisotopic (exact) mass is 599 g/mol. The van der Waals surface area contributed by atoms with Crippen LogP contribution in [0.3, 0.4) is 0 Å². The van der Waals surface area contributed by atoms with Crippen LogP contribution in [0.4, 0.5) is 10.5 Å². The Morgan fingerprint density at radius 3 is 2.47 bits per heavy atom. The summed E-state index contributed by atoms with van der Waals surface area (Å²) in [5.41, 5.74) is 1.80. The molecule has 0 atom stereocenters. The second kappa shape index (κ2) is 12.0. The molecule has 0 aromatic heterocycles. The first-order valence-corrected chi connectivity index (χ1v) is 12.5. The van der Waals surface area contributed by atoms with Gasteiger partial charge in [0.15, 0.2) is 11.5 Å². The van der Waals surface area contributed by atoms with Gasteiger partial charge in [0.2, 0.25) is 5.91 Å². The molecule has 1 fully saturated rings. The van der Waals surface area contributed by atoms with Gasteiger partial charge in [0.05, 0.1) is 19.9 Å². The van der Waals surface area contributed by atoms with Crippen LogP contribution in [0.1, 0.15) is 11.1 Å². The maximum absolute atomic E-state index is 12.9. The molecular formula is C27H23BrClN3O6. The van der Waals surface area contributed by atoms with Gasteiger partial charge in [-0.2, -0.15) is 0 Å². The fraction of sp³-hybridized carbons (Fsp3) is 0.148. The second-order valence-electron chi connectivity index (χ2n) is 8.03. The number of nitrogens with zero attached hydrogens (tertiary/aromatic N) is 1. The first kappa shape index (κ1) is 27.0. The van der Waals surface area contributed by atoms with Crippen molar-refractivity contribution in [3.63, 3.8) is 0 Å². The Bertz CT molecular complexity index is 1430. The molecule has 0 aliphatic carbocycles. The lowest BCUT2D eigenvalue weighted by Gasteiger charge is -2.14. The van der Waals surface area contributed by atoms with Crippen LogP contribution >= 0.6 is 27.5 Å². The third kappa shape index (κ3) is 6.09. The summed E-state index contributed by atoms with van der Waals surface area (Å²) in [7, 11) is 2.97. The SMILES string of the molecule is COc1ccccc1NC(=O)CN1C(=O)N/C(=C/c2cc(OC)c(OCc3ccccc3Cl)cc2Br)C1=O. The Morgan fingerprint density at radius 2 is 1.74 bits per heavy atom. The number of ether oxygens (including phenoxy) is 3. The summed E-state index contributed by atoms with van der Waals surface area (Å²) in [6.45, 7) is -0.247. The van der Waals surface area contributed by atoms with E-state index in [4.69, 9.17) is 25.8 Å². The standard InChI is InChI=1S/C27H23BrClN3O6/c1-36-22-10-6-5-9-20(22)30-25(33)14-32-26(34)21(31-27(32)35)11-17-12-23(37-2)24(13-18(17)28)38-15-16-7-3-4-8-19(16)29/h3-13H,14-15H2,1-2H3,(H,30,33)(H,31,35)/b21-11+. The van der Waals surface area contributed by atoms with Gasteiger partial charge in [-0.3, -0.25) is 9.59 Å². The normalized spacial score (nSPS) is 13.9. The predicted molar refractivity (Wildman–Crippen MR) is 146 cm³/mol. The zero-order valence-electron chi connectivity index (χ0n) is 20.4. The highest BCUT2D eigenvalue weighted by molar-refractivity contribution is 9.10. The maximum Gasteiger partial charge on any atom is 0.329 e. The van der Waals surface area contributed by atoms with Crippen LogP contribution in [-0.2, 0) is 16.2 Å². The topological polar surface area (TPSA) is 106 Å². The quantitative estimate of drug-likeness (QED) is 0.257. The fourth-order valence-corrected chi connectivity index (χ4v) is 4.28. The van der Waals surface area contributed by atoms with Gasteiger partial charge in [0.1, 0.15) is 24.6 Å². The largest absolute Gasteiger partial charge is 0.495 e. The number of carbonyl (C=O) groups excluding carboxylic acids is 3. The molecule has 0 radical (unpaired) electrons. The number of para-hydroxylation sites is 2. The highest BCUT2D eigenvalue weighted by Crippen LogP contribution is 2.36. The van der Waals surface area contributed by atoms with E-state index in [1.54, 1.807) is 42.5 Å². The van der Waals surface area contributed by atoms with E-state index in [1.165, 1.54) is 20.3 Å². The summed E-state index contributed by atoms with van der Waals surface area (Å²) in [6, 6.07) is 16.8. The van der Waals surface area contributed by atoms with Crippen LogP contribution in [0.5, 0.6) is 17.2 Å². The third-order valence-corrected chi connectivity index (χ3v) is 6.62. The number of urea groups is 1. The average Bonchev–Trinajstić information content (AvgIpc) is 3.16. The van der Waals surface area contributed by atoms with Gasteiger partial charge in [-0.15, -0.1) is 0 Å². The van der Waals surface area contributed by atoms with E-state index >= 15 is 0 Å². The van der Waals surface area contributed by atoms with Crippen molar-refractivity contribution in [3.8, 4) is 17.2 Å². The van der Waals surface area contributed by atoms with Gasteiger partial charge in [-0.1, -0.05) is 57.9 Å². The van der Waals surface area contributed by atoms with E-state index in [1.807, 2.05) is 18.2 Å². The number of halogens is 2. The van der Waals surface area contributed by atoms with Crippen molar-refractivity contribution < 1.29 is 28.6 Å². The van der Waals surface area contributed by atoms with Crippen molar-refractivity contribution in [2.45, 2.75) is 6.61 Å². The van der Waals surface area contributed by atoms with Crippen LogP contribution in [0, 0.1) is 0 Å². The molecular weight excluding hydrogens is 578 g/mol. The number of rotatable bonds is 9. The molecule has 196 valence electrons. The van der Waals surface area contributed by atoms with Gasteiger partial charge in [-0.05, 0) is 42.0 Å². The Hall–Kier alpha value is -4.02. The minimum atomic E-state index is -0.709. The summed E-state index contributed by atoms with van der Waals surface area (Å²) in [5.74, 6) is 0.128. The summed E-state index contributed by atoms with van der Waals surface area (Å²) in [5, 5.41) is 5.75. The van der Waals surface area contributed by atoms with E-state index in [2.05, 4.69) is 26.6 Å². The van der Waals surface area contributed by atoms with Crippen molar-refractivity contribution in [1.29, 1.82) is 0 Å². The van der Waals surface area contributed by atoms with Gasteiger partial charge >= 0.3 is 6.03 Å². The number of benzene rings is 3. The lowest BCUT2D eigenvalue weighted by atomic mass is 10.1. The van der Waals surface area contributed by atoms with Crippen molar-refractivity contribution in [1.82, 2.24) is 10.2 Å². The number of hydrogen-bond donors (Lipinski definition) is 2. The molecule has 1 saturated heterocycles. The second-order valence-corrected chi connectivity index (χ2v) is 9.29. The Kier molecular flexibility index (Phi) is 8.55. The molecule has 2 N–H and O–H groups in total. The molecule has 1 aliphatic heterocycles. The molecule has 4 rings (SSSR count). The molecule has 3 aromatic rings. The fourth-order valence-electron chi connectivity index (χ4n) is 3.66. The Labute approximate surface area is 232 Å². The predicted octanol–water partition coefficient (Wildman–Crippen LogP) is 5.23. The van der Waals surface area contributed by atoms with Crippen molar-refractivity contribution in [2.75, 3.05) is 26.1 Å². The summed E-state index contributed by atoms with van der Waals surface area (Å²) < 4.78 is 17.2. The van der Waals surface area contributed by atoms with Crippen LogP contribution in [0.25, 0.3) is 6.08 Å². The number of amides is 4. The van der Waals surface area contributed by atoms with E-state index < -0.39 is 24.4 Å². The van der Waals surface area contributed by atoms with Crippen LogP contribution in [0.15, 0.2) is 70.8 Å². The van der Waals surface area contributed by atoms with Crippen LogP contribution in [-0.4, -0.2) is 43.5 Å². The smallest absolute Gasteiger partial charge is 0.329 e. The molecule has 1 heterocycles. The molecule has 0 bridgehead atoms. The third-order valence-electron chi connectivity index (χ3n) is 5.57. The number of nitrogens with one attached hydrogen (secondary N) is 2. The Balaban J connectivity index is 1.48. The average molecular weight is 601 g/mol. The van der Waals surface area contributed by atoms with Gasteiger partial charge in [-0.25, -0.2) is 9.69 Å². The Morgan fingerprint density at radius 1 is 1.03 bits per heavy atom. The molecule has 3 aromatic carbocycles. The van der Waals surface area contributed by atoms with E-state index in [9.17, 15) is 14.4 Å². The van der Waals surface area contributed by atoms with E-state index in [0.717, 1.165) is 10.5 Å². The molecule has 0 spiro atoms. The van der Waals surface area contributed by atoms with Crippen LogP contribution < -0.4 is 24.8 Å². The van der Waals surface area contributed by atoms with Gasteiger partial charge < -0.3 is 24.8 Å². The number of carbonyl (C=O) groups is 3. The molecule has 1 aliphatic rings. The van der Waals surface area contributed by atoms with E-state index in [0.29, 0.717) is 38.0 Å². The van der Waals surface area contributed by atoms with Gasteiger partial charge in [0.25, 0.3) is 5.91 Å². The molecule has 9 nitrogen and oxygen atoms in total. The summed E-state index contributed by atoms with van der Waals surface area (Å²) in [4.78, 5) is 38.8. The highest BCUT2D eigenvalue weighted by Gasteiger charge is 2.35. The maximum atomic E-state index is 12.9. The molecule has 38 heavy (non-hydrogen) atoms. The number of methoxy groups -OCH3 is 2. The minimum absolute atomic E-state index is 0.00702.